The van der Waals surface area contributed by atoms with Crippen LogP contribution in [0.3, 0.4) is 0 Å². The van der Waals surface area contributed by atoms with E-state index in [1.165, 1.54) is 11.1 Å². The number of hydrogen-bond acceptors (Lipinski definition) is 4. The zero-order valence-corrected chi connectivity index (χ0v) is 18.5. The minimum atomic E-state index is -0.0736. The molecular formula is C19H26IN3O2S. The molecule has 0 atom stereocenters. The molecule has 5 nitrogen and oxygen atoms in total. The fraction of sp³-hybridized carbons (Fsp3) is 0.421. The van der Waals surface area contributed by atoms with Crippen molar-refractivity contribution in [3.63, 3.8) is 0 Å². The first kappa shape index (κ1) is 20.8. The Kier molecular flexibility index (Phi) is 7.57. The van der Waals surface area contributed by atoms with Crippen molar-refractivity contribution < 1.29 is 9.47 Å². The number of nitrogens with one attached hydrogen (secondary N) is 2. The first-order valence-corrected chi connectivity index (χ1v) is 9.38. The second kappa shape index (κ2) is 9.45. The van der Waals surface area contributed by atoms with Gasteiger partial charge in [-0.05, 0) is 40.1 Å². The smallest absolute Gasteiger partial charge is 0.191 e. The maximum Gasteiger partial charge on any atom is 0.191 e. The van der Waals surface area contributed by atoms with Gasteiger partial charge in [0.05, 0.1) is 0 Å². The summed E-state index contributed by atoms with van der Waals surface area (Å²) in [5.74, 6) is 2.46. The highest BCUT2D eigenvalue weighted by Crippen LogP contribution is 2.34. The van der Waals surface area contributed by atoms with Gasteiger partial charge in [-0.2, -0.15) is 11.3 Å². The van der Waals surface area contributed by atoms with Gasteiger partial charge in [0.25, 0.3) is 0 Å². The van der Waals surface area contributed by atoms with Crippen LogP contribution in [0.4, 0.5) is 0 Å². The number of hydrogen-bond donors (Lipinski definition) is 2. The van der Waals surface area contributed by atoms with Crippen LogP contribution in [0, 0.1) is 0 Å². The zero-order chi connectivity index (χ0) is 17.7. The molecule has 0 aliphatic carbocycles. The average molecular weight is 487 g/mol. The van der Waals surface area contributed by atoms with Crippen LogP contribution in [0.2, 0.25) is 0 Å². The quantitative estimate of drug-likeness (QED) is 0.383. The molecule has 0 fully saturated rings. The second-order valence-corrected chi connectivity index (χ2v) is 7.43. The van der Waals surface area contributed by atoms with Crippen molar-refractivity contribution in [3.8, 4) is 11.5 Å². The molecule has 2 N–H and O–H groups in total. The fourth-order valence-electron chi connectivity index (χ4n) is 2.67. The Morgan fingerprint density at radius 3 is 2.62 bits per heavy atom. The maximum atomic E-state index is 5.71. The third kappa shape index (κ3) is 5.26. The van der Waals surface area contributed by atoms with Crippen molar-refractivity contribution in [1.82, 2.24) is 10.6 Å². The van der Waals surface area contributed by atoms with Crippen LogP contribution in [-0.2, 0) is 12.0 Å². The summed E-state index contributed by atoms with van der Waals surface area (Å²) in [5.41, 5.74) is 2.40. The van der Waals surface area contributed by atoms with Gasteiger partial charge in [0, 0.05) is 25.6 Å². The summed E-state index contributed by atoms with van der Waals surface area (Å²) in [7, 11) is 1.79. The van der Waals surface area contributed by atoms with Gasteiger partial charge < -0.3 is 20.1 Å². The van der Waals surface area contributed by atoms with Crippen LogP contribution in [0.25, 0.3) is 0 Å². The Balaban J connectivity index is 0.00000243. The molecule has 1 aromatic heterocycles. The van der Waals surface area contributed by atoms with Crippen molar-refractivity contribution in [2.45, 2.75) is 25.8 Å². The molecule has 0 radical (unpaired) electrons. The molecule has 3 rings (SSSR count). The normalized spacial score (nSPS) is 13.7. The van der Waals surface area contributed by atoms with Gasteiger partial charge in [-0.15, -0.1) is 24.0 Å². The van der Waals surface area contributed by atoms with E-state index in [1.54, 1.807) is 18.4 Å². The molecule has 0 bridgehead atoms. The van der Waals surface area contributed by atoms with E-state index >= 15 is 0 Å². The summed E-state index contributed by atoms with van der Waals surface area (Å²) in [4.78, 5) is 4.31. The minimum absolute atomic E-state index is 0. The van der Waals surface area contributed by atoms with Crippen molar-refractivity contribution in [2.75, 3.05) is 26.8 Å². The SMILES string of the molecule is CN=C(NCc1ccsc1)NCC(C)(C)c1ccc2c(c1)OCCO2.I. The van der Waals surface area contributed by atoms with Crippen LogP contribution >= 0.6 is 35.3 Å². The molecule has 0 unspecified atom stereocenters. The number of guanidine groups is 1. The zero-order valence-electron chi connectivity index (χ0n) is 15.4. The van der Waals surface area contributed by atoms with E-state index in [-0.39, 0.29) is 29.4 Å². The second-order valence-electron chi connectivity index (χ2n) is 6.65. The third-order valence-corrected chi connectivity index (χ3v) is 5.02. The van der Waals surface area contributed by atoms with Gasteiger partial charge in [0.15, 0.2) is 17.5 Å². The van der Waals surface area contributed by atoms with Crippen molar-refractivity contribution in [3.05, 3.63) is 46.2 Å². The highest BCUT2D eigenvalue weighted by molar-refractivity contribution is 14.0. The lowest BCUT2D eigenvalue weighted by molar-refractivity contribution is 0.171. The summed E-state index contributed by atoms with van der Waals surface area (Å²) >= 11 is 1.70. The molecule has 1 aromatic carbocycles. The van der Waals surface area contributed by atoms with Crippen molar-refractivity contribution >= 4 is 41.3 Å². The number of aliphatic imine (C=N–C) groups is 1. The number of nitrogens with zero attached hydrogens (tertiary/aromatic N) is 1. The average Bonchev–Trinajstić information content (AvgIpc) is 3.15. The van der Waals surface area contributed by atoms with Crippen LogP contribution in [0.5, 0.6) is 11.5 Å². The fourth-order valence-corrected chi connectivity index (χ4v) is 3.34. The highest BCUT2D eigenvalue weighted by Gasteiger charge is 2.23. The lowest BCUT2D eigenvalue weighted by Gasteiger charge is -2.28. The Hall–Kier alpha value is -1.48. The monoisotopic (exact) mass is 487 g/mol. The van der Waals surface area contributed by atoms with Crippen molar-refractivity contribution in [2.24, 2.45) is 4.99 Å². The molecular weight excluding hydrogens is 461 g/mol. The van der Waals surface area contributed by atoms with Crippen LogP contribution in [-0.4, -0.2) is 32.8 Å². The molecule has 2 heterocycles. The topological polar surface area (TPSA) is 54.9 Å². The Labute approximate surface area is 176 Å². The molecule has 7 heteroatoms. The van der Waals surface area contributed by atoms with Gasteiger partial charge in [0.2, 0.25) is 0 Å². The van der Waals surface area contributed by atoms with E-state index in [1.807, 2.05) is 6.07 Å². The standard InChI is InChI=1S/C19H25N3O2S.HI/c1-19(2,15-4-5-16-17(10-15)24-8-7-23-16)13-22-18(20-3)21-11-14-6-9-25-12-14;/h4-6,9-10,12H,7-8,11,13H2,1-3H3,(H2,20,21,22);1H. The maximum absolute atomic E-state index is 5.71. The van der Waals surface area contributed by atoms with E-state index in [0.29, 0.717) is 13.2 Å². The summed E-state index contributed by atoms with van der Waals surface area (Å²) in [6, 6.07) is 8.30. The number of halogens is 1. The summed E-state index contributed by atoms with van der Waals surface area (Å²) in [5, 5.41) is 11.0. The molecule has 1 aliphatic rings. The number of benzene rings is 1. The summed E-state index contributed by atoms with van der Waals surface area (Å²) in [6.45, 7) is 7.16. The third-order valence-electron chi connectivity index (χ3n) is 4.29. The van der Waals surface area contributed by atoms with Gasteiger partial charge in [-0.3, -0.25) is 4.99 Å². The van der Waals surface area contributed by atoms with E-state index in [4.69, 9.17) is 9.47 Å². The molecule has 26 heavy (non-hydrogen) atoms. The molecule has 0 spiro atoms. The van der Waals surface area contributed by atoms with Gasteiger partial charge >= 0.3 is 0 Å². The Morgan fingerprint density at radius 1 is 1.15 bits per heavy atom. The Morgan fingerprint density at radius 2 is 1.92 bits per heavy atom. The molecule has 2 aromatic rings. The van der Waals surface area contributed by atoms with Gasteiger partial charge in [-0.25, -0.2) is 0 Å². The molecule has 1 aliphatic heterocycles. The van der Waals surface area contributed by atoms with Crippen LogP contribution in [0.1, 0.15) is 25.0 Å². The highest BCUT2D eigenvalue weighted by atomic mass is 127. The van der Waals surface area contributed by atoms with Gasteiger partial charge in [-0.1, -0.05) is 19.9 Å². The predicted molar refractivity (Wildman–Crippen MR) is 118 cm³/mol. The first-order valence-electron chi connectivity index (χ1n) is 8.44. The number of thiophene rings is 1. The van der Waals surface area contributed by atoms with Crippen LogP contribution < -0.4 is 20.1 Å². The summed E-state index contributed by atoms with van der Waals surface area (Å²) < 4.78 is 11.3. The van der Waals surface area contributed by atoms with Gasteiger partial charge in [0.1, 0.15) is 13.2 Å². The number of fused-ring (bicyclic) bond motifs is 1. The molecule has 0 saturated heterocycles. The number of rotatable bonds is 5. The van der Waals surface area contributed by atoms with E-state index in [0.717, 1.165) is 30.5 Å². The van der Waals surface area contributed by atoms with E-state index in [9.17, 15) is 0 Å². The predicted octanol–water partition coefficient (Wildman–Crippen LogP) is 3.78. The Bertz CT molecular complexity index is 732. The van der Waals surface area contributed by atoms with Crippen LogP contribution in [0.15, 0.2) is 40.0 Å². The largest absolute Gasteiger partial charge is 0.486 e. The first-order chi connectivity index (χ1) is 12.1. The minimum Gasteiger partial charge on any atom is -0.486 e. The lowest BCUT2D eigenvalue weighted by atomic mass is 9.84. The van der Waals surface area contributed by atoms with E-state index < -0.39 is 0 Å². The van der Waals surface area contributed by atoms with Crippen molar-refractivity contribution in [1.29, 1.82) is 0 Å². The number of ether oxygens (including phenoxy) is 2. The van der Waals surface area contributed by atoms with E-state index in [2.05, 4.69) is 58.4 Å². The lowest BCUT2D eigenvalue weighted by Crippen LogP contribution is -2.43. The molecule has 0 saturated carbocycles. The molecule has 142 valence electrons. The molecule has 0 amide bonds. The summed E-state index contributed by atoms with van der Waals surface area (Å²) in [6.07, 6.45) is 0.